The van der Waals surface area contributed by atoms with Gasteiger partial charge in [-0.3, -0.25) is 10.1 Å². The Bertz CT molecular complexity index is 317. The van der Waals surface area contributed by atoms with E-state index in [9.17, 15) is 4.79 Å². The molecule has 79 valence electrons. The van der Waals surface area contributed by atoms with Crippen molar-refractivity contribution in [1.82, 2.24) is 5.32 Å². The highest BCUT2D eigenvalue weighted by Crippen LogP contribution is 2.31. The summed E-state index contributed by atoms with van der Waals surface area (Å²) in [6, 6.07) is 9.79. The molecular weight excluding hydrogens is 186 g/mol. The first-order chi connectivity index (χ1) is 7.34. The van der Waals surface area contributed by atoms with Crippen LogP contribution in [0.15, 0.2) is 30.3 Å². The number of nitrogens with zero attached hydrogens (tertiary/aromatic N) is 1. The summed E-state index contributed by atoms with van der Waals surface area (Å²) >= 11 is 0. The molecule has 1 aromatic carbocycles. The fraction of sp³-hybridized carbons (Fsp3) is 0.462. The van der Waals surface area contributed by atoms with Crippen LogP contribution in [0.2, 0.25) is 0 Å². The van der Waals surface area contributed by atoms with Crippen molar-refractivity contribution in [2.45, 2.75) is 25.7 Å². The highest BCUT2D eigenvalue weighted by Gasteiger charge is 2.20. The molecule has 1 aromatic rings. The van der Waals surface area contributed by atoms with Crippen LogP contribution in [0.1, 0.15) is 24.8 Å². The zero-order valence-corrected chi connectivity index (χ0v) is 8.86. The van der Waals surface area contributed by atoms with Gasteiger partial charge in [-0.25, -0.2) is 0 Å². The Balaban J connectivity index is 1.67. The topological polar surface area (TPSA) is 31.2 Å². The second-order valence-corrected chi connectivity index (χ2v) is 4.17. The number of benzene rings is 1. The summed E-state index contributed by atoms with van der Waals surface area (Å²) in [7, 11) is 0. The first-order valence-electron chi connectivity index (χ1n) is 5.59. The minimum Gasteiger partial charge on any atom is -0.273 e. The molecule has 0 N–H and O–H groups in total. The lowest BCUT2D eigenvalue weighted by Crippen LogP contribution is -2.19. The van der Waals surface area contributed by atoms with E-state index in [1.807, 2.05) is 30.3 Å². The van der Waals surface area contributed by atoms with Gasteiger partial charge in [-0.1, -0.05) is 43.2 Å². The maximum absolute atomic E-state index is 11.4. The summed E-state index contributed by atoms with van der Waals surface area (Å²) in [4.78, 5) is 11.4. The van der Waals surface area contributed by atoms with E-state index in [2.05, 4.69) is 5.32 Å². The first-order valence-corrected chi connectivity index (χ1v) is 5.59. The fourth-order valence-corrected chi connectivity index (χ4v) is 1.60. The predicted octanol–water partition coefficient (Wildman–Crippen LogP) is 2.16. The third-order valence-electron chi connectivity index (χ3n) is 2.72. The van der Waals surface area contributed by atoms with Crippen LogP contribution in [0.3, 0.4) is 0 Å². The maximum atomic E-state index is 11.4. The van der Waals surface area contributed by atoms with Crippen molar-refractivity contribution in [2.75, 3.05) is 6.54 Å². The van der Waals surface area contributed by atoms with Gasteiger partial charge in [-0.2, -0.15) is 0 Å². The van der Waals surface area contributed by atoms with E-state index >= 15 is 0 Å². The summed E-state index contributed by atoms with van der Waals surface area (Å²) in [6.07, 6.45) is 4.22. The summed E-state index contributed by atoms with van der Waals surface area (Å²) < 4.78 is 0. The van der Waals surface area contributed by atoms with Crippen molar-refractivity contribution in [2.24, 2.45) is 5.92 Å². The molecule has 2 rings (SSSR count). The lowest BCUT2D eigenvalue weighted by Gasteiger charge is -2.01. The van der Waals surface area contributed by atoms with Gasteiger partial charge >= 0.3 is 0 Å². The van der Waals surface area contributed by atoms with E-state index < -0.39 is 0 Å². The Hall–Kier alpha value is -1.31. The SMILES string of the molecule is O=C(Cc1ccccc1)[N]CCC1CC1. The molecule has 1 aliphatic rings. The van der Waals surface area contributed by atoms with Crippen LogP contribution in [-0.2, 0) is 11.2 Å². The van der Waals surface area contributed by atoms with Crippen LogP contribution in [0.5, 0.6) is 0 Å². The van der Waals surface area contributed by atoms with Crippen LogP contribution in [0, 0.1) is 5.92 Å². The van der Waals surface area contributed by atoms with Gasteiger partial charge < -0.3 is 0 Å². The molecule has 0 bridgehead atoms. The maximum Gasteiger partial charge on any atom is 0.245 e. The van der Waals surface area contributed by atoms with Gasteiger partial charge in [0.05, 0.1) is 6.42 Å². The van der Waals surface area contributed by atoms with Crippen molar-refractivity contribution in [3.8, 4) is 0 Å². The van der Waals surface area contributed by atoms with E-state index in [4.69, 9.17) is 0 Å². The molecule has 0 saturated heterocycles. The molecule has 0 aromatic heterocycles. The zero-order valence-electron chi connectivity index (χ0n) is 8.86. The van der Waals surface area contributed by atoms with E-state index in [0.717, 1.165) is 24.4 Å². The molecule has 0 atom stereocenters. The van der Waals surface area contributed by atoms with Crippen LogP contribution < -0.4 is 5.32 Å². The average molecular weight is 202 g/mol. The molecule has 0 heterocycles. The summed E-state index contributed by atoms with van der Waals surface area (Å²) in [5, 5.41) is 4.06. The Morgan fingerprint density at radius 3 is 2.67 bits per heavy atom. The Morgan fingerprint density at radius 2 is 2.00 bits per heavy atom. The largest absolute Gasteiger partial charge is 0.273 e. The number of carbonyl (C=O) groups excluding carboxylic acids is 1. The second-order valence-electron chi connectivity index (χ2n) is 4.17. The monoisotopic (exact) mass is 202 g/mol. The van der Waals surface area contributed by atoms with Gasteiger partial charge in [0, 0.05) is 6.54 Å². The van der Waals surface area contributed by atoms with E-state index in [0.29, 0.717) is 6.42 Å². The lowest BCUT2D eigenvalue weighted by molar-refractivity contribution is -0.120. The number of hydrogen-bond donors (Lipinski definition) is 0. The Labute approximate surface area is 90.7 Å². The molecule has 15 heavy (non-hydrogen) atoms. The van der Waals surface area contributed by atoms with Gasteiger partial charge in [0.25, 0.3) is 0 Å². The van der Waals surface area contributed by atoms with Crippen LogP contribution in [0.4, 0.5) is 0 Å². The molecule has 2 heteroatoms. The third-order valence-corrected chi connectivity index (χ3v) is 2.72. The van der Waals surface area contributed by atoms with Crippen molar-refractivity contribution in [3.63, 3.8) is 0 Å². The molecule has 1 amide bonds. The Kier molecular flexibility index (Phi) is 3.38. The van der Waals surface area contributed by atoms with Gasteiger partial charge in [-0.15, -0.1) is 0 Å². The number of rotatable bonds is 5. The molecular formula is C13H16NO. The molecule has 1 aliphatic carbocycles. The second kappa shape index (κ2) is 4.96. The van der Waals surface area contributed by atoms with Crippen molar-refractivity contribution in [1.29, 1.82) is 0 Å². The highest BCUT2D eigenvalue weighted by molar-refractivity contribution is 5.78. The summed E-state index contributed by atoms with van der Waals surface area (Å²) in [5.74, 6) is 0.875. The molecule has 1 saturated carbocycles. The molecule has 1 radical (unpaired) electrons. The molecule has 1 fully saturated rings. The summed E-state index contributed by atoms with van der Waals surface area (Å²) in [6.45, 7) is 0.719. The molecule has 0 spiro atoms. The molecule has 0 unspecified atom stereocenters. The number of hydrogen-bond acceptors (Lipinski definition) is 1. The number of amides is 1. The van der Waals surface area contributed by atoms with Crippen LogP contribution >= 0.6 is 0 Å². The van der Waals surface area contributed by atoms with Crippen molar-refractivity contribution < 1.29 is 4.79 Å². The zero-order chi connectivity index (χ0) is 10.5. The van der Waals surface area contributed by atoms with Crippen LogP contribution in [-0.4, -0.2) is 12.5 Å². The number of carbonyl (C=O) groups is 1. The van der Waals surface area contributed by atoms with E-state index in [1.165, 1.54) is 12.8 Å². The quantitative estimate of drug-likeness (QED) is 0.719. The third kappa shape index (κ3) is 3.74. The minimum atomic E-state index is 0.0156. The lowest BCUT2D eigenvalue weighted by atomic mass is 10.1. The normalized spacial score (nSPS) is 14.9. The van der Waals surface area contributed by atoms with Crippen LogP contribution in [0.25, 0.3) is 0 Å². The fourth-order valence-electron chi connectivity index (χ4n) is 1.60. The predicted molar refractivity (Wildman–Crippen MR) is 59.5 cm³/mol. The standard InChI is InChI=1S/C13H16NO/c15-13(14-9-8-11-6-7-11)10-12-4-2-1-3-5-12/h1-5,11H,6-10H2. The van der Waals surface area contributed by atoms with Gasteiger partial charge in [0.15, 0.2) is 0 Å². The minimum absolute atomic E-state index is 0.0156. The first kappa shape index (κ1) is 10.2. The van der Waals surface area contributed by atoms with E-state index in [1.54, 1.807) is 0 Å². The average Bonchev–Trinajstić information content (AvgIpc) is 3.03. The Morgan fingerprint density at radius 1 is 1.27 bits per heavy atom. The smallest absolute Gasteiger partial charge is 0.245 e. The molecule has 2 nitrogen and oxygen atoms in total. The summed E-state index contributed by atoms with van der Waals surface area (Å²) in [5.41, 5.74) is 1.05. The van der Waals surface area contributed by atoms with Crippen molar-refractivity contribution >= 4 is 5.91 Å². The molecule has 0 aliphatic heterocycles. The van der Waals surface area contributed by atoms with E-state index in [-0.39, 0.29) is 5.91 Å². The highest BCUT2D eigenvalue weighted by atomic mass is 16.1. The van der Waals surface area contributed by atoms with Crippen molar-refractivity contribution in [3.05, 3.63) is 35.9 Å². The van der Waals surface area contributed by atoms with Gasteiger partial charge in [0.2, 0.25) is 5.91 Å². The van der Waals surface area contributed by atoms with Gasteiger partial charge in [0.1, 0.15) is 0 Å². The van der Waals surface area contributed by atoms with Gasteiger partial charge in [-0.05, 0) is 17.9 Å².